The molecule has 0 saturated carbocycles. The zero-order valence-corrected chi connectivity index (χ0v) is 11.2. The maximum atomic E-state index is 2.29. The number of hydrogen-bond donors (Lipinski definition) is 0. The standard InChI is InChI=1S/C18H12S/c1-2-6-16-13(4-1)5-3-7-17(16)14-8-9-18-15(12-14)10-11-19-18/h1-12H. The maximum absolute atomic E-state index is 2.29. The second kappa shape index (κ2) is 4.22. The molecule has 1 heterocycles. The van der Waals surface area contributed by atoms with E-state index in [0.717, 1.165) is 0 Å². The molecule has 19 heavy (non-hydrogen) atoms. The van der Waals surface area contributed by atoms with Crippen molar-refractivity contribution in [1.82, 2.24) is 0 Å². The lowest BCUT2D eigenvalue weighted by Crippen LogP contribution is -1.80. The summed E-state index contributed by atoms with van der Waals surface area (Å²) in [5.74, 6) is 0. The molecule has 0 radical (unpaired) electrons. The molecule has 0 aliphatic heterocycles. The van der Waals surface area contributed by atoms with E-state index in [1.54, 1.807) is 11.3 Å². The third-order valence-corrected chi connectivity index (χ3v) is 4.45. The first kappa shape index (κ1) is 10.8. The second-order valence-corrected chi connectivity index (χ2v) is 5.65. The molecule has 0 amide bonds. The predicted molar refractivity (Wildman–Crippen MR) is 84.8 cm³/mol. The average molecular weight is 260 g/mol. The molecule has 4 rings (SSSR count). The molecular weight excluding hydrogens is 248 g/mol. The van der Waals surface area contributed by atoms with Gasteiger partial charge in [-0.05, 0) is 50.9 Å². The van der Waals surface area contributed by atoms with Crippen LogP contribution in [-0.2, 0) is 0 Å². The van der Waals surface area contributed by atoms with Crippen molar-refractivity contribution in [3.8, 4) is 11.1 Å². The van der Waals surface area contributed by atoms with Crippen molar-refractivity contribution in [2.75, 3.05) is 0 Å². The van der Waals surface area contributed by atoms with Gasteiger partial charge in [-0.15, -0.1) is 11.3 Å². The van der Waals surface area contributed by atoms with Crippen LogP contribution in [0, 0.1) is 0 Å². The molecule has 0 nitrogen and oxygen atoms in total. The third kappa shape index (κ3) is 1.74. The van der Waals surface area contributed by atoms with Gasteiger partial charge in [0.2, 0.25) is 0 Å². The normalized spacial score (nSPS) is 11.2. The smallest absolute Gasteiger partial charge is 0.0343 e. The molecule has 0 aliphatic carbocycles. The number of rotatable bonds is 1. The highest BCUT2D eigenvalue weighted by atomic mass is 32.1. The van der Waals surface area contributed by atoms with Crippen LogP contribution >= 0.6 is 11.3 Å². The first-order valence-corrected chi connectivity index (χ1v) is 7.25. The van der Waals surface area contributed by atoms with Crippen LogP contribution in [0.5, 0.6) is 0 Å². The molecule has 3 aromatic carbocycles. The molecular formula is C18H12S. The lowest BCUT2D eigenvalue weighted by atomic mass is 9.98. The Bertz CT molecular complexity index is 866. The molecule has 90 valence electrons. The third-order valence-electron chi connectivity index (χ3n) is 3.55. The monoisotopic (exact) mass is 260 g/mol. The fourth-order valence-electron chi connectivity index (χ4n) is 2.61. The second-order valence-electron chi connectivity index (χ2n) is 4.70. The molecule has 0 unspecified atom stereocenters. The van der Waals surface area contributed by atoms with Crippen LogP contribution in [0.1, 0.15) is 0 Å². The van der Waals surface area contributed by atoms with Gasteiger partial charge >= 0.3 is 0 Å². The van der Waals surface area contributed by atoms with Crippen LogP contribution in [-0.4, -0.2) is 0 Å². The average Bonchev–Trinajstić information content (AvgIpc) is 2.94. The summed E-state index contributed by atoms with van der Waals surface area (Å²) < 4.78 is 1.35. The Balaban J connectivity index is 2.03. The van der Waals surface area contributed by atoms with Gasteiger partial charge in [0.1, 0.15) is 0 Å². The van der Waals surface area contributed by atoms with Crippen molar-refractivity contribution < 1.29 is 0 Å². The Hall–Kier alpha value is -2.12. The maximum Gasteiger partial charge on any atom is 0.0343 e. The molecule has 0 fully saturated rings. The first-order valence-electron chi connectivity index (χ1n) is 6.37. The highest BCUT2D eigenvalue weighted by molar-refractivity contribution is 7.17. The Morgan fingerprint density at radius 3 is 2.58 bits per heavy atom. The molecule has 1 heteroatoms. The summed E-state index contributed by atoms with van der Waals surface area (Å²) in [6, 6.07) is 24.0. The van der Waals surface area contributed by atoms with E-state index in [2.05, 4.69) is 72.1 Å². The first-order chi connectivity index (χ1) is 9.42. The number of thiophene rings is 1. The molecule has 0 saturated heterocycles. The zero-order valence-electron chi connectivity index (χ0n) is 10.3. The minimum absolute atomic E-state index is 1.29. The van der Waals surface area contributed by atoms with Crippen molar-refractivity contribution in [3.63, 3.8) is 0 Å². The van der Waals surface area contributed by atoms with Gasteiger partial charge in [0.25, 0.3) is 0 Å². The summed E-state index contributed by atoms with van der Waals surface area (Å²) in [6.45, 7) is 0. The number of fused-ring (bicyclic) bond motifs is 2. The van der Waals surface area contributed by atoms with Crippen LogP contribution < -0.4 is 0 Å². The van der Waals surface area contributed by atoms with E-state index in [-0.39, 0.29) is 0 Å². The van der Waals surface area contributed by atoms with Crippen molar-refractivity contribution in [2.45, 2.75) is 0 Å². The van der Waals surface area contributed by atoms with Crippen LogP contribution in [0.4, 0.5) is 0 Å². The number of benzene rings is 3. The highest BCUT2D eigenvalue weighted by Crippen LogP contribution is 2.31. The zero-order chi connectivity index (χ0) is 12.7. The summed E-state index contributed by atoms with van der Waals surface area (Å²) in [5, 5.41) is 6.10. The van der Waals surface area contributed by atoms with Crippen molar-refractivity contribution in [1.29, 1.82) is 0 Å². The van der Waals surface area contributed by atoms with E-state index >= 15 is 0 Å². The van der Waals surface area contributed by atoms with E-state index < -0.39 is 0 Å². The summed E-state index contributed by atoms with van der Waals surface area (Å²) in [4.78, 5) is 0. The lowest BCUT2D eigenvalue weighted by Gasteiger charge is -2.07. The van der Waals surface area contributed by atoms with E-state index in [1.165, 1.54) is 32.0 Å². The Morgan fingerprint density at radius 2 is 1.58 bits per heavy atom. The van der Waals surface area contributed by atoms with Crippen LogP contribution in [0.3, 0.4) is 0 Å². The molecule has 4 aromatic rings. The fraction of sp³-hybridized carbons (Fsp3) is 0. The van der Waals surface area contributed by atoms with Gasteiger partial charge in [0.05, 0.1) is 0 Å². The van der Waals surface area contributed by atoms with Gasteiger partial charge in [-0.3, -0.25) is 0 Å². The van der Waals surface area contributed by atoms with Crippen LogP contribution in [0.25, 0.3) is 32.0 Å². The fourth-order valence-corrected chi connectivity index (χ4v) is 3.38. The molecule has 0 spiro atoms. The topological polar surface area (TPSA) is 0 Å². The molecule has 0 N–H and O–H groups in total. The van der Waals surface area contributed by atoms with Gasteiger partial charge in [-0.2, -0.15) is 0 Å². The van der Waals surface area contributed by atoms with Gasteiger partial charge in [-0.25, -0.2) is 0 Å². The summed E-state index contributed by atoms with van der Waals surface area (Å²) in [6.07, 6.45) is 0. The quantitative estimate of drug-likeness (QED) is 0.410. The molecule has 0 aliphatic rings. The van der Waals surface area contributed by atoms with E-state index in [9.17, 15) is 0 Å². The summed E-state index contributed by atoms with van der Waals surface area (Å²) >= 11 is 1.79. The van der Waals surface area contributed by atoms with E-state index in [1.807, 2.05) is 0 Å². The van der Waals surface area contributed by atoms with Gasteiger partial charge < -0.3 is 0 Å². The SMILES string of the molecule is c1ccc2c(-c3ccc4sccc4c3)cccc2c1. The van der Waals surface area contributed by atoms with Crippen molar-refractivity contribution >= 4 is 32.2 Å². The van der Waals surface area contributed by atoms with Crippen LogP contribution in [0.2, 0.25) is 0 Å². The Kier molecular flexibility index (Phi) is 2.39. The Labute approximate surface area is 115 Å². The molecule has 0 bridgehead atoms. The highest BCUT2D eigenvalue weighted by Gasteiger charge is 2.04. The summed E-state index contributed by atoms with van der Waals surface area (Å²) in [7, 11) is 0. The van der Waals surface area contributed by atoms with E-state index in [4.69, 9.17) is 0 Å². The lowest BCUT2D eigenvalue weighted by molar-refractivity contribution is 1.70. The van der Waals surface area contributed by atoms with Gasteiger partial charge in [-0.1, -0.05) is 48.5 Å². The largest absolute Gasteiger partial charge is 0.144 e. The van der Waals surface area contributed by atoms with Crippen molar-refractivity contribution in [3.05, 3.63) is 72.1 Å². The van der Waals surface area contributed by atoms with Crippen molar-refractivity contribution in [2.24, 2.45) is 0 Å². The molecule has 0 atom stereocenters. The van der Waals surface area contributed by atoms with Gasteiger partial charge in [0, 0.05) is 4.70 Å². The number of hydrogen-bond acceptors (Lipinski definition) is 1. The minimum atomic E-state index is 1.29. The van der Waals surface area contributed by atoms with Gasteiger partial charge in [0.15, 0.2) is 0 Å². The predicted octanol–water partition coefficient (Wildman–Crippen LogP) is 5.72. The minimum Gasteiger partial charge on any atom is -0.144 e. The molecule has 1 aromatic heterocycles. The van der Waals surface area contributed by atoms with E-state index in [0.29, 0.717) is 0 Å². The summed E-state index contributed by atoms with van der Waals surface area (Å²) in [5.41, 5.74) is 2.61. The van der Waals surface area contributed by atoms with Crippen LogP contribution in [0.15, 0.2) is 72.1 Å². The Morgan fingerprint density at radius 1 is 0.684 bits per heavy atom.